The number of thioether (sulfide) groups is 1. The number of piperazine rings is 1. The van der Waals surface area contributed by atoms with Gasteiger partial charge in [0.15, 0.2) is 0 Å². The Bertz CT molecular complexity index is 271. The molecular weight excluding hydrogens is 264 g/mol. The third-order valence-corrected chi connectivity index (χ3v) is 4.28. The molecule has 1 heterocycles. The Kier molecular flexibility index (Phi) is 7.75. The molecule has 0 aromatic carbocycles. The van der Waals surface area contributed by atoms with Gasteiger partial charge in [0.25, 0.3) is 0 Å². The smallest absolute Gasteiger partial charge is 0.235 e. The molecule has 0 aliphatic carbocycles. The summed E-state index contributed by atoms with van der Waals surface area (Å²) in [6.45, 7) is 8.68. The van der Waals surface area contributed by atoms with Gasteiger partial charge in [0, 0.05) is 39.3 Å². The SMILES string of the molecule is CCOCC(O)CN1CCN(C(=O)C(C)SC)CC1. The van der Waals surface area contributed by atoms with Crippen molar-refractivity contribution in [3.63, 3.8) is 0 Å². The highest BCUT2D eigenvalue weighted by molar-refractivity contribution is 7.99. The van der Waals surface area contributed by atoms with Crippen LogP contribution in [0.25, 0.3) is 0 Å². The molecule has 0 aromatic rings. The minimum Gasteiger partial charge on any atom is -0.389 e. The van der Waals surface area contributed by atoms with Crippen LogP contribution in [-0.2, 0) is 9.53 Å². The molecule has 2 unspecified atom stereocenters. The van der Waals surface area contributed by atoms with Crippen molar-refractivity contribution in [1.82, 2.24) is 9.80 Å². The van der Waals surface area contributed by atoms with Crippen molar-refractivity contribution >= 4 is 17.7 Å². The highest BCUT2D eigenvalue weighted by atomic mass is 32.2. The van der Waals surface area contributed by atoms with Crippen molar-refractivity contribution in [2.45, 2.75) is 25.2 Å². The topological polar surface area (TPSA) is 53.0 Å². The summed E-state index contributed by atoms with van der Waals surface area (Å²) >= 11 is 1.59. The van der Waals surface area contributed by atoms with E-state index in [1.54, 1.807) is 11.8 Å². The van der Waals surface area contributed by atoms with Gasteiger partial charge in [-0.15, -0.1) is 0 Å². The van der Waals surface area contributed by atoms with Crippen molar-refractivity contribution < 1.29 is 14.6 Å². The van der Waals surface area contributed by atoms with Crippen molar-refractivity contribution in [3.05, 3.63) is 0 Å². The number of carbonyl (C=O) groups excluding carboxylic acids is 1. The summed E-state index contributed by atoms with van der Waals surface area (Å²) in [6, 6.07) is 0. The van der Waals surface area contributed by atoms with Crippen LogP contribution in [0.15, 0.2) is 0 Å². The van der Waals surface area contributed by atoms with E-state index in [1.807, 2.05) is 25.0 Å². The summed E-state index contributed by atoms with van der Waals surface area (Å²) < 4.78 is 5.20. The molecule has 1 amide bonds. The number of aliphatic hydroxyl groups excluding tert-OH is 1. The fourth-order valence-corrected chi connectivity index (χ4v) is 2.46. The second kappa shape index (κ2) is 8.79. The monoisotopic (exact) mass is 290 g/mol. The number of β-amino-alcohol motifs (C(OH)–C–C–N with tert-alkyl or cyclic N) is 1. The Morgan fingerprint density at radius 1 is 1.37 bits per heavy atom. The van der Waals surface area contributed by atoms with Crippen molar-refractivity contribution in [2.75, 3.05) is 52.2 Å². The minimum absolute atomic E-state index is 0.0371. The number of hydrogen-bond acceptors (Lipinski definition) is 5. The van der Waals surface area contributed by atoms with Crippen LogP contribution in [0, 0.1) is 0 Å². The summed E-state index contributed by atoms with van der Waals surface area (Å²) in [7, 11) is 0. The van der Waals surface area contributed by atoms with E-state index in [9.17, 15) is 9.90 Å². The summed E-state index contributed by atoms with van der Waals surface area (Å²) in [6.07, 6.45) is 1.52. The average Bonchev–Trinajstić information content (AvgIpc) is 2.44. The second-order valence-corrected chi connectivity index (χ2v) is 6.00. The molecule has 112 valence electrons. The highest BCUT2D eigenvalue weighted by Crippen LogP contribution is 2.12. The lowest BCUT2D eigenvalue weighted by Crippen LogP contribution is -2.52. The fraction of sp³-hybridized carbons (Fsp3) is 0.923. The van der Waals surface area contributed by atoms with Crippen LogP contribution in [0.1, 0.15) is 13.8 Å². The van der Waals surface area contributed by atoms with E-state index < -0.39 is 6.10 Å². The van der Waals surface area contributed by atoms with Crippen LogP contribution >= 0.6 is 11.8 Å². The third-order valence-electron chi connectivity index (χ3n) is 3.37. The van der Waals surface area contributed by atoms with E-state index in [1.165, 1.54) is 0 Å². The molecule has 6 heteroatoms. The number of rotatable bonds is 7. The Balaban J connectivity index is 2.27. The van der Waals surface area contributed by atoms with Gasteiger partial charge in [0.05, 0.1) is 18.0 Å². The lowest BCUT2D eigenvalue weighted by Gasteiger charge is -2.36. The Morgan fingerprint density at radius 3 is 2.53 bits per heavy atom. The van der Waals surface area contributed by atoms with Gasteiger partial charge in [-0.25, -0.2) is 0 Å². The zero-order chi connectivity index (χ0) is 14.3. The number of amides is 1. The van der Waals surface area contributed by atoms with Crippen LogP contribution in [-0.4, -0.2) is 84.4 Å². The molecule has 1 aliphatic heterocycles. The molecule has 0 radical (unpaired) electrons. The number of hydrogen-bond donors (Lipinski definition) is 1. The molecule has 1 rings (SSSR count). The summed E-state index contributed by atoms with van der Waals surface area (Å²) in [5, 5.41) is 9.82. The molecule has 19 heavy (non-hydrogen) atoms. The van der Waals surface area contributed by atoms with E-state index in [0.29, 0.717) is 19.8 Å². The van der Waals surface area contributed by atoms with Crippen LogP contribution < -0.4 is 0 Å². The molecule has 0 bridgehead atoms. The Hall–Kier alpha value is -0.300. The third kappa shape index (κ3) is 5.69. The van der Waals surface area contributed by atoms with Crippen LogP contribution in [0.3, 0.4) is 0 Å². The Morgan fingerprint density at radius 2 is 2.00 bits per heavy atom. The highest BCUT2D eigenvalue weighted by Gasteiger charge is 2.25. The van der Waals surface area contributed by atoms with Gasteiger partial charge in [-0.1, -0.05) is 0 Å². The van der Waals surface area contributed by atoms with Crippen LogP contribution in [0.5, 0.6) is 0 Å². The van der Waals surface area contributed by atoms with E-state index in [0.717, 1.165) is 26.2 Å². The maximum atomic E-state index is 12.0. The van der Waals surface area contributed by atoms with Gasteiger partial charge in [-0.05, 0) is 20.1 Å². The number of nitrogens with zero attached hydrogens (tertiary/aromatic N) is 2. The summed E-state index contributed by atoms with van der Waals surface area (Å²) in [4.78, 5) is 16.1. The van der Waals surface area contributed by atoms with Gasteiger partial charge >= 0.3 is 0 Å². The first-order valence-corrected chi connectivity index (χ1v) is 8.17. The summed E-state index contributed by atoms with van der Waals surface area (Å²) in [5.74, 6) is 0.224. The molecule has 1 N–H and O–H groups in total. The molecule has 1 aliphatic rings. The summed E-state index contributed by atoms with van der Waals surface area (Å²) in [5.41, 5.74) is 0. The zero-order valence-corrected chi connectivity index (χ0v) is 13.0. The lowest BCUT2D eigenvalue weighted by molar-refractivity contribution is -0.132. The van der Waals surface area contributed by atoms with Crippen molar-refractivity contribution in [3.8, 4) is 0 Å². The van der Waals surface area contributed by atoms with Gasteiger partial charge < -0.3 is 14.7 Å². The predicted molar refractivity (Wildman–Crippen MR) is 78.5 cm³/mol. The van der Waals surface area contributed by atoms with E-state index in [4.69, 9.17) is 4.74 Å². The van der Waals surface area contributed by atoms with Gasteiger partial charge in [0.2, 0.25) is 5.91 Å². The molecule has 2 atom stereocenters. The number of ether oxygens (including phenoxy) is 1. The number of carbonyl (C=O) groups is 1. The maximum Gasteiger partial charge on any atom is 0.235 e. The largest absolute Gasteiger partial charge is 0.389 e. The van der Waals surface area contributed by atoms with E-state index in [2.05, 4.69) is 4.90 Å². The maximum absolute atomic E-state index is 12.0. The molecule has 1 saturated heterocycles. The predicted octanol–water partition coefficient (Wildman–Crippen LogP) is 0.280. The first kappa shape index (κ1) is 16.8. The first-order chi connectivity index (χ1) is 9.08. The standard InChI is InChI=1S/C13H26N2O3S/c1-4-18-10-12(16)9-14-5-7-15(8-6-14)13(17)11(2)19-3/h11-12,16H,4-10H2,1-3H3. The molecule has 5 nitrogen and oxygen atoms in total. The van der Waals surface area contributed by atoms with Crippen molar-refractivity contribution in [1.29, 1.82) is 0 Å². The Labute approximate surface area is 120 Å². The molecule has 0 saturated carbocycles. The number of aliphatic hydroxyl groups is 1. The van der Waals surface area contributed by atoms with Gasteiger partial charge in [0.1, 0.15) is 0 Å². The first-order valence-electron chi connectivity index (χ1n) is 6.88. The average molecular weight is 290 g/mol. The minimum atomic E-state index is -0.438. The van der Waals surface area contributed by atoms with Crippen LogP contribution in [0.2, 0.25) is 0 Å². The van der Waals surface area contributed by atoms with Gasteiger partial charge in [-0.3, -0.25) is 9.69 Å². The molecular formula is C13H26N2O3S. The zero-order valence-electron chi connectivity index (χ0n) is 12.2. The molecule has 1 fully saturated rings. The van der Waals surface area contributed by atoms with Crippen LogP contribution in [0.4, 0.5) is 0 Å². The van der Waals surface area contributed by atoms with Gasteiger partial charge in [-0.2, -0.15) is 11.8 Å². The lowest BCUT2D eigenvalue weighted by atomic mass is 10.2. The molecule has 0 spiro atoms. The quantitative estimate of drug-likeness (QED) is 0.730. The molecule has 0 aromatic heterocycles. The fourth-order valence-electron chi connectivity index (χ4n) is 2.11. The second-order valence-electron chi connectivity index (χ2n) is 4.82. The normalized spacial score (nSPS) is 20.3. The van der Waals surface area contributed by atoms with E-state index >= 15 is 0 Å². The van der Waals surface area contributed by atoms with Crippen molar-refractivity contribution in [2.24, 2.45) is 0 Å². The van der Waals surface area contributed by atoms with E-state index in [-0.39, 0.29) is 11.2 Å².